The topological polar surface area (TPSA) is 87.7 Å². The maximum absolute atomic E-state index is 13.4. The van der Waals surface area contributed by atoms with Gasteiger partial charge in [-0.05, 0) is 19.1 Å². The third-order valence-corrected chi connectivity index (χ3v) is 2.57. The lowest BCUT2D eigenvalue weighted by molar-refractivity contribution is -0.133. The van der Waals surface area contributed by atoms with E-state index in [9.17, 15) is 14.0 Å². The molecule has 1 aromatic rings. The number of halogens is 1. The van der Waals surface area contributed by atoms with Crippen LogP contribution in [0.1, 0.15) is 6.92 Å². The summed E-state index contributed by atoms with van der Waals surface area (Å²) < 4.78 is 18.5. The van der Waals surface area contributed by atoms with E-state index in [1.54, 1.807) is 6.07 Å². The second-order valence-electron chi connectivity index (χ2n) is 4.05. The van der Waals surface area contributed by atoms with E-state index in [1.165, 1.54) is 32.2 Å². The summed E-state index contributed by atoms with van der Waals surface area (Å²) >= 11 is 0. The average Bonchev–Trinajstić information content (AvgIpc) is 2.45. The van der Waals surface area contributed by atoms with Crippen LogP contribution in [0.2, 0.25) is 0 Å². The van der Waals surface area contributed by atoms with Crippen molar-refractivity contribution in [2.75, 3.05) is 13.7 Å². The second-order valence-corrected chi connectivity index (χ2v) is 4.05. The highest BCUT2D eigenvalue weighted by atomic mass is 19.1. The van der Waals surface area contributed by atoms with Crippen LogP contribution in [-0.2, 0) is 9.59 Å². The lowest BCUT2D eigenvalue weighted by atomic mass is 10.2. The number of rotatable bonds is 6. The van der Waals surface area contributed by atoms with Gasteiger partial charge in [0.2, 0.25) is 5.91 Å². The predicted octanol–water partition coefficient (Wildman–Crippen LogP) is -0.184. The van der Waals surface area contributed by atoms with Crippen LogP contribution in [0.3, 0.4) is 0 Å². The SMILES string of the molecule is CNC(=O)[C@H](CO)NC(=O)[C@H](C)Oc1ccccc1F. The number of aliphatic hydroxyl groups is 1. The quantitative estimate of drug-likeness (QED) is 0.676. The lowest BCUT2D eigenvalue weighted by Gasteiger charge is -2.19. The van der Waals surface area contributed by atoms with Crippen LogP contribution in [0.4, 0.5) is 4.39 Å². The Hall–Kier alpha value is -2.15. The van der Waals surface area contributed by atoms with Crippen LogP contribution in [-0.4, -0.2) is 42.7 Å². The minimum atomic E-state index is -1.07. The largest absolute Gasteiger partial charge is 0.478 e. The van der Waals surface area contributed by atoms with Crippen molar-refractivity contribution < 1.29 is 23.8 Å². The molecule has 1 aromatic carbocycles. The Labute approximate surface area is 115 Å². The number of aliphatic hydroxyl groups excluding tert-OH is 1. The van der Waals surface area contributed by atoms with Crippen molar-refractivity contribution in [3.63, 3.8) is 0 Å². The third kappa shape index (κ3) is 4.20. The summed E-state index contributed by atoms with van der Waals surface area (Å²) in [6.07, 6.45) is -1.01. The zero-order valence-corrected chi connectivity index (χ0v) is 11.2. The molecule has 1 rings (SSSR count). The van der Waals surface area contributed by atoms with Gasteiger partial charge in [0, 0.05) is 7.05 Å². The van der Waals surface area contributed by atoms with Crippen molar-refractivity contribution in [3.05, 3.63) is 30.1 Å². The van der Waals surface area contributed by atoms with Crippen molar-refractivity contribution in [1.82, 2.24) is 10.6 Å². The molecular formula is C13H17FN2O4. The molecule has 0 aliphatic heterocycles. The molecule has 0 radical (unpaired) electrons. The summed E-state index contributed by atoms with van der Waals surface area (Å²) in [5.74, 6) is -1.80. The van der Waals surface area contributed by atoms with Crippen LogP contribution < -0.4 is 15.4 Å². The van der Waals surface area contributed by atoms with Crippen LogP contribution in [0.5, 0.6) is 5.75 Å². The third-order valence-electron chi connectivity index (χ3n) is 2.57. The molecule has 0 bridgehead atoms. The van der Waals surface area contributed by atoms with Gasteiger partial charge in [-0.1, -0.05) is 12.1 Å². The standard InChI is InChI=1S/C13H17FN2O4/c1-8(20-11-6-4-3-5-9(11)14)12(18)16-10(7-17)13(19)15-2/h3-6,8,10,17H,7H2,1-2H3,(H,15,19)(H,16,18)/t8-,10-/m0/s1. The number of nitrogens with one attached hydrogen (secondary N) is 2. The monoisotopic (exact) mass is 284 g/mol. The normalized spacial score (nSPS) is 13.2. The summed E-state index contributed by atoms with van der Waals surface area (Å²) in [5.41, 5.74) is 0. The van der Waals surface area contributed by atoms with E-state index in [0.29, 0.717) is 0 Å². The van der Waals surface area contributed by atoms with Crippen LogP contribution >= 0.6 is 0 Å². The van der Waals surface area contributed by atoms with E-state index in [2.05, 4.69) is 10.6 Å². The molecule has 20 heavy (non-hydrogen) atoms. The Morgan fingerprint density at radius 1 is 1.35 bits per heavy atom. The first-order valence-corrected chi connectivity index (χ1v) is 6.03. The molecule has 0 fully saturated rings. The molecule has 110 valence electrons. The van der Waals surface area contributed by atoms with Gasteiger partial charge in [0.25, 0.3) is 5.91 Å². The fraction of sp³-hybridized carbons (Fsp3) is 0.385. The first kappa shape index (κ1) is 15.9. The van der Waals surface area contributed by atoms with Crippen molar-refractivity contribution in [1.29, 1.82) is 0 Å². The summed E-state index contributed by atoms with van der Waals surface area (Å²) in [5, 5.41) is 13.6. The van der Waals surface area contributed by atoms with Gasteiger partial charge >= 0.3 is 0 Å². The first-order valence-electron chi connectivity index (χ1n) is 6.03. The Morgan fingerprint density at radius 2 is 2.00 bits per heavy atom. The van der Waals surface area contributed by atoms with Gasteiger partial charge in [-0.2, -0.15) is 0 Å². The van der Waals surface area contributed by atoms with Crippen LogP contribution in [0.15, 0.2) is 24.3 Å². The molecule has 0 aliphatic rings. The molecule has 2 amide bonds. The maximum atomic E-state index is 13.4. The molecule has 3 N–H and O–H groups in total. The van der Waals surface area contributed by atoms with Gasteiger partial charge in [0.15, 0.2) is 17.7 Å². The molecule has 0 unspecified atom stereocenters. The first-order chi connectivity index (χ1) is 9.49. The van der Waals surface area contributed by atoms with Gasteiger partial charge in [0.05, 0.1) is 6.61 Å². The van der Waals surface area contributed by atoms with Gasteiger partial charge in [0.1, 0.15) is 6.04 Å². The summed E-state index contributed by atoms with van der Waals surface area (Å²) in [4.78, 5) is 23.1. The number of hydrogen-bond donors (Lipinski definition) is 3. The molecule has 0 aliphatic carbocycles. The highest BCUT2D eigenvalue weighted by Gasteiger charge is 2.23. The fourth-order valence-corrected chi connectivity index (χ4v) is 1.44. The molecule has 0 aromatic heterocycles. The Balaban J connectivity index is 2.63. The van der Waals surface area contributed by atoms with Gasteiger partial charge in [-0.25, -0.2) is 4.39 Å². The van der Waals surface area contributed by atoms with Crippen LogP contribution in [0, 0.1) is 5.82 Å². The number of para-hydroxylation sites is 1. The summed E-state index contributed by atoms with van der Waals surface area (Å²) in [6.45, 7) is 0.873. The van der Waals surface area contributed by atoms with Crippen molar-refractivity contribution in [2.45, 2.75) is 19.1 Å². The maximum Gasteiger partial charge on any atom is 0.261 e. The van der Waals surface area contributed by atoms with E-state index in [0.717, 1.165) is 0 Å². The van der Waals surface area contributed by atoms with Crippen molar-refractivity contribution in [3.8, 4) is 5.75 Å². The number of carbonyl (C=O) groups excluding carboxylic acids is 2. The highest BCUT2D eigenvalue weighted by molar-refractivity contribution is 5.89. The molecule has 0 spiro atoms. The molecular weight excluding hydrogens is 267 g/mol. The number of hydrogen-bond acceptors (Lipinski definition) is 4. The van der Waals surface area contributed by atoms with E-state index < -0.39 is 36.4 Å². The van der Waals surface area contributed by atoms with E-state index in [1.807, 2.05) is 0 Å². The number of amides is 2. The van der Waals surface area contributed by atoms with E-state index >= 15 is 0 Å². The molecule has 7 heteroatoms. The fourth-order valence-electron chi connectivity index (χ4n) is 1.44. The Kier molecular flexibility index (Phi) is 5.92. The average molecular weight is 284 g/mol. The number of benzene rings is 1. The molecule has 0 saturated heterocycles. The predicted molar refractivity (Wildman–Crippen MR) is 69.6 cm³/mol. The van der Waals surface area contributed by atoms with Gasteiger partial charge in [-0.15, -0.1) is 0 Å². The van der Waals surface area contributed by atoms with E-state index in [4.69, 9.17) is 9.84 Å². The zero-order chi connectivity index (χ0) is 15.1. The number of ether oxygens (including phenoxy) is 1. The zero-order valence-electron chi connectivity index (χ0n) is 11.2. The lowest BCUT2D eigenvalue weighted by Crippen LogP contribution is -2.51. The Morgan fingerprint density at radius 3 is 2.55 bits per heavy atom. The number of likely N-dealkylation sites (N-methyl/N-ethyl adjacent to an activating group) is 1. The highest BCUT2D eigenvalue weighted by Crippen LogP contribution is 2.16. The molecule has 0 heterocycles. The number of carbonyl (C=O) groups is 2. The summed E-state index contributed by atoms with van der Waals surface area (Å²) in [6, 6.07) is 4.60. The summed E-state index contributed by atoms with van der Waals surface area (Å²) in [7, 11) is 1.39. The Bertz CT molecular complexity index is 481. The molecule has 2 atom stereocenters. The van der Waals surface area contributed by atoms with Crippen LogP contribution in [0.25, 0.3) is 0 Å². The second kappa shape index (κ2) is 7.44. The molecule has 0 saturated carbocycles. The van der Waals surface area contributed by atoms with Gasteiger partial charge < -0.3 is 20.5 Å². The minimum absolute atomic E-state index is 0.0596. The minimum Gasteiger partial charge on any atom is -0.478 e. The van der Waals surface area contributed by atoms with Crippen molar-refractivity contribution >= 4 is 11.8 Å². The van der Waals surface area contributed by atoms with E-state index in [-0.39, 0.29) is 5.75 Å². The van der Waals surface area contributed by atoms with Gasteiger partial charge in [-0.3, -0.25) is 9.59 Å². The van der Waals surface area contributed by atoms with Crippen molar-refractivity contribution in [2.24, 2.45) is 0 Å². The smallest absolute Gasteiger partial charge is 0.261 e. The molecule has 6 nitrogen and oxygen atoms in total.